The van der Waals surface area contributed by atoms with Crippen molar-refractivity contribution >= 4 is 78.9 Å². The zero-order valence-corrected chi connectivity index (χ0v) is 26.9. The molecule has 6 aromatic carbocycles. The maximum atomic E-state index is 13.0. The molecule has 50 heavy (non-hydrogen) atoms. The number of aromatic carboxylic acids is 2. The van der Waals surface area contributed by atoms with Gasteiger partial charge < -0.3 is 29.2 Å². The Bertz CT molecular complexity index is 2340. The van der Waals surface area contributed by atoms with Crippen LogP contribution >= 0.6 is 0 Å². The number of ether oxygens (including phenoxy) is 4. The summed E-state index contributed by atoms with van der Waals surface area (Å²) in [5, 5.41) is 23.8. The van der Waals surface area contributed by atoms with Crippen LogP contribution in [0, 0.1) is 0 Å². The molecule has 12 heteroatoms. The van der Waals surface area contributed by atoms with E-state index in [0.717, 1.165) is 26.0 Å². The zero-order chi connectivity index (χ0) is 36.0. The molecular formula is C38H26O12. The van der Waals surface area contributed by atoms with Crippen LogP contribution < -0.4 is 18.9 Å². The van der Waals surface area contributed by atoms with Crippen molar-refractivity contribution in [2.75, 3.05) is 0 Å². The summed E-state index contributed by atoms with van der Waals surface area (Å²) < 4.78 is 21.8. The van der Waals surface area contributed by atoms with Gasteiger partial charge in [0.2, 0.25) is 0 Å². The Morgan fingerprint density at radius 2 is 0.760 bits per heavy atom. The Balaban J connectivity index is 1.86. The van der Waals surface area contributed by atoms with Gasteiger partial charge >= 0.3 is 35.8 Å². The van der Waals surface area contributed by atoms with Crippen LogP contribution in [0.4, 0.5) is 0 Å². The number of rotatable bonds is 7. The molecule has 0 atom stereocenters. The van der Waals surface area contributed by atoms with Crippen molar-refractivity contribution in [3.05, 3.63) is 83.9 Å². The third kappa shape index (κ3) is 6.01. The molecule has 0 aliphatic rings. The quantitative estimate of drug-likeness (QED) is 0.100. The maximum Gasteiger partial charge on any atom is 0.336 e. The lowest BCUT2D eigenvalue weighted by Crippen LogP contribution is -2.10. The van der Waals surface area contributed by atoms with Crippen LogP contribution in [0.1, 0.15) is 48.4 Å². The van der Waals surface area contributed by atoms with Crippen LogP contribution in [0.2, 0.25) is 0 Å². The lowest BCUT2D eigenvalue weighted by molar-refractivity contribution is -0.132. The third-order valence-electron chi connectivity index (χ3n) is 7.84. The molecule has 0 fully saturated rings. The van der Waals surface area contributed by atoms with E-state index in [9.17, 15) is 39.0 Å². The topological polar surface area (TPSA) is 180 Å². The van der Waals surface area contributed by atoms with Crippen molar-refractivity contribution in [1.82, 2.24) is 0 Å². The number of fused-ring (bicyclic) bond motifs is 4. The van der Waals surface area contributed by atoms with Crippen LogP contribution in [-0.4, -0.2) is 46.0 Å². The number of carboxylic acid groups (broad SMARTS) is 2. The summed E-state index contributed by atoms with van der Waals surface area (Å²) in [6, 6.07) is 18.3. The lowest BCUT2D eigenvalue weighted by atomic mass is 9.84. The van der Waals surface area contributed by atoms with Gasteiger partial charge in [0.1, 0.15) is 23.0 Å². The predicted molar refractivity (Wildman–Crippen MR) is 181 cm³/mol. The number of carboxylic acids is 2. The summed E-state index contributed by atoms with van der Waals surface area (Å²) >= 11 is 0. The standard InChI is InChI=1S/C38H26O12/c1-17(39)47-31-9-5-7-21-11-27-25(13-23(21)31)33(49-19(3)41)15-29(37(43)44)35(27)36-28-12-22-8-6-10-32(48-18(2)40)24(22)14-26(28)34(50-20(4)42)16-30(36)38(45)46/h5-16H,1-4H3,(H,43,44)(H,45,46). The highest BCUT2D eigenvalue weighted by Gasteiger charge is 2.28. The number of hydrogen-bond donors (Lipinski definition) is 2. The Morgan fingerprint density at radius 1 is 0.420 bits per heavy atom. The fourth-order valence-electron chi connectivity index (χ4n) is 6.11. The summed E-state index contributed by atoms with van der Waals surface area (Å²) in [4.78, 5) is 74.4. The van der Waals surface area contributed by atoms with E-state index in [4.69, 9.17) is 18.9 Å². The minimum absolute atomic E-state index is 0.0459. The molecule has 6 rings (SSSR count). The molecule has 0 aliphatic carbocycles. The smallest absolute Gasteiger partial charge is 0.336 e. The van der Waals surface area contributed by atoms with Gasteiger partial charge in [0.05, 0.1) is 11.1 Å². The first-order valence-electron chi connectivity index (χ1n) is 15.0. The maximum absolute atomic E-state index is 13.0. The number of esters is 4. The first-order chi connectivity index (χ1) is 23.7. The summed E-state index contributed by atoms with van der Waals surface area (Å²) in [5.74, 6) is -5.50. The molecule has 250 valence electrons. The fourth-order valence-corrected chi connectivity index (χ4v) is 6.11. The number of carbonyl (C=O) groups is 6. The molecule has 0 saturated heterocycles. The Hall–Kier alpha value is -6.82. The van der Waals surface area contributed by atoms with Crippen LogP contribution in [0.15, 0.2) is 72.8 Å². The van der Waals surface area contributed by atoms with Gasteiger partial charge in [-0.1, -0.05) is 24.3 Å². The average Bonchev–Trinajstić information content (AvgIpc) is 3.02. The molecule has 0 aliphatic heterocycles. The van der Waals surface area contributed by atoms with Crippen LogP contribution in [0.3, 0.4) is 0 Å². The van der Waals surface area contributed by atoms with Gasteiger partial charge in [-0.25, -0.2) is 9.59 Å². The summed E-state index contributed by atoms with van der Waals surface area (Å²) in [5.41, 5.74) is -0.894. The van der Waals surface area contributed by atoms with Crippen LogP contribution in [0.25, 0.3) is 54.2 Å². The minimum Gasteiger partial charge on any atom is -0.478 e. The molecule has 0 heterocycles. The van der Waals surface area contributed by atoms with Gasteiger partial charge in [0, 0.05) is 60.4 Å². The van der Waals surface area contributed by atoms with Crippen molar-refractivity contribution in [2.24, 2.45) is 0 Å². The summed E-state index contributed by atoms with van der Waals surface area (Å²) in [6.45, 7) is 4.76. The summed E-state index contributed by atoms with van der Waals surface area (Å²) in [6.07, 6.45) is 0. The molecule has 0 bridgehead atoms. The van der Waals surface area contributed by atoms with Crippen LogP contribution in [-0.2, 0) is 19.2 Å². The van der Waals surface area contributed by atoms with Gasteiger partial charge in [-0.15, -0.1) is 0 Å². The highest BCUT2D eigenvalue weighted by molar-refractivity contribution is 6.22. The molecule has 0 spiro atoms. The Morgan fingerprint density at radius 3 is 1.08 bits per heavy atom. The summed E-state index contributed by atoms with van der Waals surface area (Å²) in [7, 11) is 0. The van der Waals surface area contributed by atoms with E-state index < -0.39 is 46.9 Å². The monoisotopic (exact) mass is 674 g/mol. The van der Waals surface area contributed by atoms with Gasteiger partial charge in [-0.05, 0) is 70.1 Å². The van der Waals surface area contributed by atoms with Crippen molar-refractivity contribution in [3.63, 3.8) is 0 Å². The van der Waals surface area contributed by atoms with Gasteiger partial charge in [-0.3, -0.25) is 19.2 Å². The molecule has 6 aromatic rings. The Labute approximate surface area is 282 Å². The van der Waals surface area contributed by atoms with Gasteiger partial charge in [0.25, 0.3) is 0 Å². The van der Waals surface area contributed by atoms with Crippen molar-refractivity contribution in [1.29, 1.82) is 0 Å². The number of hydrogen-bond acceptors (Lipinski definition) is 10. The second-order valence-corrected chi connectivity index (χ2v) is 11.3. The highest BCUT2D eigenvalue weighted by Crippen LogP contribution is 2.48. The van der Waals surface area contributed by atoms with Crippen molar-refractivity contribution in [2.45, 2.75) is 27.7 Å². The van der Waals surface area contributed by atoms with Gasteiger partial charge in [0.15, 0.2) is 0 Å². The van der Waals surface area contributed by atoms with E-state index in [1.165, 1.54) is 13.8 Å². The van der Waals surface area contributed by atoms with Crippen molar-refractivity contribution in [3.8, 4) is 34.1 Å². The van der Waals surface area contributed by atoms with E-state index in [0.29, 0.717) is 21.5 Å². The lowest BCUT2D eigenvalue weighted by Gasteiger charge is -2.21. The van der Waals surface area contributed by atoms with E-state index in [1.807, 2.05) is 0 Å². The first kappa shape index (κ1) is 33.1. The normalized spacial score (nSPS) is 11.0. The zero-order valence-electron chi connectivity index (χ0n) is 26.9. The van der Waals surface area contributed by atoms with Gasteiger partial charge in [-0.2, -0.15) is 0 Å². The molecule has 0 aromatic heterocycles. The van der Waals surface area contributed by atoms with E-state index in [1.54, 1.807) is 60.7 Å². The second-order valence-electron chi connectivity index (χ2n) is 11.3. The van der Waals surface area contributed by atoms with E-state index in [2.05, 4.69) is 0 Å². The third-order valence-corrected chi connectivity index (χ3v) is 7.84. The molecule has 2 N–H and O–H groups in total. The highest BCUT2D eigenvalue weighted by atomic mass is 16.5. The molecule has 0 radical (unpaired) electrons. The first-order valence-corrected chi connectivity index (χ1v) is 15.0. The number of carbonyl (C=O) groups excluding carboxylic acids is 4. The minimum atomic E-state index is -1.46. The Kier molecular flexibility index (Phi) is 8.38. The predicted octanol–water partition coefficient (Wildman–Crippen LogP) is 7.06. The SMILES string of the molecule is CC(=O)Oc1cccc2cc3c(-c4c(C(=O)O)cc(OC(C)=O)c5cc6c(OC(C)=O)cccc6cc45)c(C(=O)O)cc(OC(C)=O)c3cc12. The molecule has 0 amide bonds. The largest absolute Gasteiger partial charge is 0.478 e. The molecular weight excluding hydrogens is 648 g/mol. The van der Waals surface area contributed by atoms with E-state index in [-0.39, 0.29) is 55.7 Å². The molecule has 0 unspecified atom stereocenters. The van der Waals surface area contributed by atoms with Crippen LogP contribution in [0.5, 0.6) is 23.0 Å². The van der Waals surface area contributed by atoms with E-state index >= 15 is 0 Å². The van der Waals surface area contributed by atoms with Crippen molar-refractivity contribution < 1.29 is 57.9 Å². The number of benzene rings is 6. The molecule has 0 saturated carbocycles. The fraction of sp³-hybridized carbons (Fsp3) is 0.105. The average molecular weight is 675 g/mol. The second kappa shape index (κ2) is 12.7. The molecule has 12 nitrogen and oxygen atoms in total.